The van der Waals surface area contributed by atoms with Gasteiger partial charge in [-0.1, -0.05) is 101 Å². The van der Waals surface area contributed by atoms with Gasteiger partial charge >= 0.3 is 0 Å². The van der Waals surface area contributed by atoms with Crippen molar-refractivity contribution in [1.29, 1.82) is 0 Å². The van der Waals surface area contributed by atoms with Gasteiger partial charge in [0.2, 0.25) is 0 Å². The molecule has 0 atom stereocenters. The van der Waals surface area contributed by atoms with Gasteiger partial charge in [-0.2, -0.15) is 0 Å². The summed E-state index contributed by atoms with van der Waals surface area (Å²) in [6, 6.07) is 29.5. The highest BCUT2D eigenvalue weighted by molar-refractivity contribution is 5.94. The second-order valence-corrected chi connectivity index (χ2v) is 13.4. The van der Waals surface area contributed by atoms with Gasteiger partial charge in [-0.05, 0) is 76.4 Å². The van der Waals surface area contributed by atoms with Crippen molar-refractivity contribution in [2.45, 2.75) is 85.0 Å². The quantitative estimate of drug-likeness (QED) is 0.178. The van der Waals surface area contributed by atoms with Crippen LogP contribution in [0.1, 0.15) is 86.3 Å². The molecule has 44 heavy (non-hydrogen) atoms. The van der Waals surface area contributed by atoms with E-state index < -0.39 is 0 Å². The third kappa shape index (κ3) is 9.52. The zero-order valence-electron chi connectivity index (χ0n) is 26.6. The Balaban J connectivity index is 1.23. The molecule has 5 rings (SSSR count). The summed E-state index contributed by atoms with van der Waals surface area (Å²) in [6.45, 7) is 8.95. The van der Waals surface area contributed by atoms with E-state index in [4.69, 9.17) is 4.74 Å². The summed E-state index contributed by atoms with van der Waals surface area (Å²) in [4.78, 5) is 19.9. The van der Waals surface area contributed by atoms with E-state index in [0.717, 1.165) is 23.4 Å². The average Bonchev–Trinajstić information content (AvgIpc) is 3.32. The highest BCUT2D eigenvalue weighted by atomic mass is 16.5. The van der Waals surface area contributed by atoms with E-state index >= 15 is 0 Å². The molecule has 3 aromatic carbocycles. The topological polar surface area (TPSA) is 54.5 Å². The molecule has 1 amide bonds. The molecule has 0 unspecified atom stereocenters. The van der Waals surface area contributed by atoms with Crippen molar-refractivity contribution in [3.63, 3.8) is 0 Å². The summed E-state index contributed by atoms with van der Waals surface area (Å²) in [5, 5.41) is 3.77. The molecule has 1 N–H and O–H groups in total. The molecule has 1 saturated carbocycles. The van der Waals surface area contributed by atoms with Crippen molar-refractivity contribution in [2.75, 3.05) is 6.61 Å². The largest absolute Gasteiger partial charge is 0.493 e. The third-order valence-corrected chi connectivity index (χ3v) is 8.22. The first-order chi connectivity index (χ1) is 21.3. The molecule has 1 aliphatic carbocycles. The Kier molecular flexibility index (Phi) is 10.8. The molecule has 1 fully saturated rings. The van der Waals surface area contributed by atoms with Crippen LogP contribution in [0.25, 0.3) is 11.1 Å². The van der Waals surface area contributed by atoms with Crippen LogP contribution < -0.4 is 10.1 Å². The standard InChI is InChI=1S/C39H47N3O2/c1-39(2,3)29-44-37-22-20-35(21-23-37)38(43)42(28-32-9-8-24-40-25-32)27-31-14-18-34(19-15-31)33-16-12-30(13-17-33)26-41-36-10-6-4-5-7-11-36/h8-9,12-25,36,41H,4-7,10-11,26-29H2,1-3H3. The highest BCUT2D eigenvalue weighted by Crippen LogP contribution is 2.24. The van der Waals surface area contributed by atoms with E-state index in [1.54, 1.807) is 6.20 Å². The molecule has 230 valence electrons. The molecule has 1 aliphatic rings. The number of carbonyl (C=O) groups is 1. The lowest BCUT2D eigenvalue weighted by Gasteiger charge is -2.24. The predicted octanol–water partition coefficient (Wildman–Crippen LogP) is 8.83. The van der Waals surface area contributed by atoms with Gasteiger partial charge in [0, 0.05) is 43.6 Å². The number of ether oxygens (including phenoxy) is 1. The summed E-state index contributed by atoms with van der Waals surface area (Å²) in [5.74, 6) is 0.753. The number of hydrogen-bond acceptors (Lipinski definition) is 4. The molecule has 4 aromatic rings. The zero-order valence-corrected chi connectivity index (χ0v) is 26.6. The molecule has 0 radical (unpaired) electrons. The van der Waals surface area contributed by atoms with Crippen molar-refractivity contribution >= 4 is 5.91 Å². The monoisotopic (exact) mass is 589 g/mol. The van der Waals surface area contributed by atoms with Crippen LogP contribution in [0, 0.1) is 5.41 Å². The molecule has 5 nitrogen and oxygen atoms in total. The predicted molar refractivity (Wildman–Crippen MR) is 179 cm³/mol. The molecule has 0 spiro atoms. The molecule has 0 aliphatic heterocycles. The van der Waals surface area contributed by atoms with Gasteiger partial charge in [0.05, 0.1) is 6.61 Å². The van der Waals surface area contributed by atoms with Gasteiger partial charge < -0.3 is 15.0 Å². The second kappa shape index (κ2) is 15.2. The summed E-state index contributed by atoms with van der Waals surface area (Å²) >= 11 is 0. The van der Waals surface area contributed by atoms with Crippen LogP contribution in [0.4, 0.5) is 0 Å². The van der Waals surface area contributed by atoms with E-state index in [1.165, 1.54) is 55.2 Å². The number of hydrogen-bond donors (Lipinski definition) is 1. The minimum absolute atomic E-state index is 0.0200. The minimum Gasteiger partial charge on any atom is -0.493 e. The Bertz CT molecular complexity index is 1430. The lowest BCUT2D eigenvalue weighted by Crippen LogP contribution is -2.30. The summed E-state index contributed by atoms with van der Waals surface area (Å²) < 4.78 is 5.92. The molecular formula is C39H47N3O2. The van der Waals surface area contributed by atoms with Crippen LogP contribution in [-0.2, 0) is 19.6 Å². The van der Waals surface area contributed by atoms with Gasteiger partial charge in [-0.25, -0.2) is 0 Å². The zero-order chi connectivity index (χ0) is 30.8. The lowest BCUT2D eigenvalue weighted by atomic mass is 9.99. The Morgan fingerprint density at radius 1 is 0.795 bits per heavy atom. The van der Waals surface area contributed by atoms with Gasteiger partial charge in [0.15, 0.2) is 0 Å². The van der Waals surface area contributed by atoms with Crippen molar-refractivity contribution in [1.82, 2.24) is 15.2 Å². The van der Waals surface area contributed by atoms with Crippen molar-refractivity contribution in [3.05, 3.63) is 120 Å². The fourth-order valence-electron chi connectivity index (χ4n) is 5.67. The normalized spacial score (nSPS) is 14.2. The van der Waals surface area contributed by atoms with Crippen molar-refractivity contribution in [3.8, 4) is 16.9 Å². The van der Waals surface area contributed by atoms with Crippen molar-refractivity contribution in [2.24, 2.45) is 5.41 Å². The number of aromatic nitrogens is 1. The number of rotatable bonds is 11. The number of nitrogens with zero attached hydrogens (tertiary/aromatic N) is 2. The molecular weight excluding hydrogens is 542 g/mol. The average molecular weight is 590 g/mol. The first-order valence-electron chi connectivity index (χ1n) is 16.2. The fraction of sp³-hybridized carbons (Fsp3) is 0.385. The third-order valence-electron chi connectivity index (χ3n) is 8.22. The van der Waals surface area contributed by atoms with E-state index in [2.05, 4.69) is 79.6 Å². The Morgan fingerprint density at radius 2 is 1.41 bits per heavy atom. The maximum Gasteiger partial charge on any atom is 0.254 e. The maximum atomic E-state index is 13.7. The van der Waals surface area contributed by atoms with Gasteiger partial charge in [-0.3, -0.25) is 9.78 Å². The van der Waals surface area contributed by atoms with Crippen LogP contribution in [0.15, 0.2) is 97.3 Å². The van der Waals surface area contributed by atoms with Gasteiger partial charge in [0.1, 0.15) is 5.75 Å². The summed E-state index contributed by atoms with van der Waals surface area (Å²) in [6.07, 6.45) is 11.6. The van der Waals surface area contributed by atoms with Crippen LogP contribution in [-0.4, -0.2) is 28.4 Å². The van der Waals surface area contributed by atoms with Crippen LogP contribution in [0.3, 0.4) is 0 Å². The SMILES string of the molecule is CC(C)(C)COc1ccc(C(=O)N(Cc2ccc(-c3ccc(CNC4CCCCCC4)cc3)cc2)Cc2cccnc2)cc1. The van der Waals surface area contributed by atoms with Crippen LogP contribution in [0.2, 0.25) is 0 Å². The minimum atomic E-state index is -0.0200. The molecule has 0 bridgehead atoms. The summed E-state index contributed by atoms with van der Waals surface area (Å²) in [7, 11) is 0. The van der Waals surface area contributed by atoms with Gasteiger partial charge in [-0.15, -0.1) is 0 Å². The first kappa shape index (κ1) is 31.5. The first-order valence-corrected chi connectivity index (χ1v) is 16.2. The summed E-state index contributed by atoms with van der Waals surface area (Å²) in [5.41, 5.74) is 6.49. The van der Waals surface area contributed by atoms with E-state index in [0.29, 0.717) is 31.3 Å². The maximum absolute atomic E-state index is 13.7. The van der Waals surface area contributed by atoms with Crippen LogP contribution >= 0.6 is 0 Å². The Morgan fingerprint density at radius 3 is 2.00 bits per heavy atom. The smallest absolute Gasteiger partial charge is 0.254 e. The number of carbonyl (C=O) groups excluding carboxylic acids is 1. The number of amides is 1. The fourth-order valence-corrected chi connectivity index (χ4v) is 5.67. The number of benzene rings is 3. The number of nitrogens with one attached hydrogen (secondary N) is 1. The Hall–Kier alpha value is -3.96. The highest BCUT2D eigenvalue weighted by Gasteiger charge is 2.18. The molecule has 5 heteroatoms. The number of pyridine rings is 1. The molecule has 1 aromatic heterocycles. The van der Waals surface area contributed by atoms with Gasteiger partial charge in [0.25, 0.3) is 5.91 Å². The second-order valence-electron chi connectivity index (χ2n) is 13.4. The van der Waals surface area contributed by atoms with Crippen molar-refractivity contribution < 1.29 is 9.53 Å². The van der Waals surface area contributed by atoms with E-state index in [1.807, 2.05) is 47.5 Å². The van der Waals surface area contributed by atoms with E-state index in [9.17, 15) is 4.79 Å². The lowest BCUT2D eigenvalue weighted by molar-refractivity contribution is 0.0729. The Labute approximate surface area is 263 Å². The van der Waals surface area contributed by atoms with Crippen LogP contribution in [0.5, 0.6) is 5.75 Å². The van der Waals surface area contributed by atoms with E-state index in [-0.39, 0.29) is 11.3 Å². The molecule has 1 heterocycles. The molecule has 0 saturated heterocycles.